The van der Waals surface area contributed by atoms with Crippen molar-refractivity contribution in [2.75, 3.05) is 20.0 Å². The second-order valence-corrected chi connectivity index (χ2v) is 8.77. The molecule has 9 nitrogen and oxygen atoms in total. The third-order valence-corrected chi connectivity index (χ3v) is 6.61. The van der Waals surface area contributed by atoms with Gasteiger partial charge in [-0.15, -0.1) is 11.8 Å². The lowest BCUT2D eigenvalue weighted by atomic mass is 10.3. The summed E-state index contributed by atoms with van der Waals surface area (Å²) in [6.45, 7) is -0.145. The van der Waals surface area contributed by atoms with Crippen molar-refractivity contribution in [1.29, 1.82) is 0 Å². The largest absolute Gasteiger partial charge is 0.497 e. The first kappa shape index (κ1) is 23.5. The van der Waals surface area contributed by atoms with E-state index in [4.69, 9.17) is 9.47 Å². The fraction of sp³-hybridized carbons (Fsp3) is 0.286. The summed E-state index contributed by atoms with van der Waals surface area (Å²) in [5.41, 5.74) is 0.505. The quantitative estimate of drug-likeness (QED) is 0.152. The zero-order chi connectivity index (χ0) is 23.1. The number of methoxy groups -OCH3 is 2. The Kier molecular flexibility index (Phi) is 8.01. The van der Waals surface area contributed by atoms with Crippen molar-refractivity contribution in [3.05, 3.63) is 57.4 Å². The number of rotatable bonds is 9. The number of ether oxygens (including phenoxy) is 2. The summed E-state index contributed by atoms with van der Waals surface area (Å²) in [4.78, 5) is 40.4. The highest BCUT2D eigenvalue weighted by molar-refractivity contribution is 7.99. The van der Waals surface area contributed by atoms with Crippen molar-refractivity contribution in [1.82, 2.24) is 4.57 Å². The van der Waals surface area contributed by atoms with Crippen LogP contribution in [-0.2, 0) is 20.9 Å². The van der Waals surface area contributed by atoms with Crippen molar-refractivity contribution in [3.63, 3.8) is 0 Å². The number of non-ortho nitro benzene ring substituents is 1. The molecular formula is C21H21N3O6S2. The smallest absolute Gasteiger partial charge is 0.325 e. The van der Waals surface area contributed by atoms with Gasteiger partial charge in [0, 0.05) is 23.4 Å². The summed E-state index contributed by atoms with van der Waals surface area (Å²) in [6, 6.07) is 12.0. The van der Waals surface area contributed by atoms with E-state index in [2.05, 4.69) is 4.99 Å². The van der Waals surface area contributed by atoms with Gasteiger partial charge in [0.2, 0.25) is 5.91 Å². The standard InChI is InChI=1S/C21H21N3O6S2/c1-29-15-6-8-16(9-7-15)31-11-3-4-19(25)22-21-23(13-20(26)30-2)17-10-5-14(24(27)28)12-18(17)32-21/h5-10,12H,3-4,11,13H2,1-2H3. The molecule has 3 rings (SSSR count). The summed E-state index contributed by atoms with van der Waals surface area (Å²) < 4.78 is 12.0. The van der Waals surface area contributed by atoms with Gasteiger partial charge in [-0.1, -0.05) is 11.3 Å². The monoisotopic (exact) mass is 475 g/mol. The summed E-state index contributed by atoms with van der Waals surface area (Å²) in [5, 5.41) is 11.1. The molecule has 1 heterocycles. The van der Waals surface area contributed by atoms with Gasteiger partial charge in [0.05, 0.1) is 29.4 Å². The third kappa shape index (κ3) is 5.95. The molecule has 168 valence electrons. The van der Waals surface area contributed by atoms with Crippen LogP contribution in [0.15, 0.2) is 52.4 Å². The first-order chi connectivity index (χ1) is 15.4. The minimum absolute atomic E-state index is 0.0719. The van der Waals surface area contributed by atoms with Crippen molar-refractivity contribution >= 4 is 50.9 Å². The number of carbonyl (C=O) groups excluding carboxylic acids is 2. The van der Waals surface area contributed by atoms with E-state index < -0.39 is 10.9 Å². The molecule has 0 aliphatic rings. The number of thiazole rings is 1. The van der Waals surface area contributed by atoms with Crippen LogP contribution >= 0.6 is 23.1 Å². The van der Waals surface area contributed by atoms with Crippen molar-refractivity contribution < 1.29 is 24.0 Å². The van der Waals surface area contributed by atoms with Crippen LogP contribution in [0.3, 0.4) is 0 Å². The fourth-order valence-electron chi connectivity index (χ4n) is 2.86. The molecule has 32 heavy (non-hydrogen) atoms. The minimum atomic E-state index is -0.507. The summed E-state index contributed by atoms with van der Waals surface area (Å²) in [5.74, 6) is 0.707. The van der Waals surface area contributed by atoms with Crippen LogP contribution in [0.25, 0.3) is 10.2 Å². The van der Waals surface area contributed by atoms with E-state index in [0.29, 0.717) is 21.4 Å². The molecule has 0 radical (unpaired) electrons. The van der Waals surface area contributed by atoms with Crippen LogP contribution < -0.4 is 9.54 Å². The molecule has 0 fully saturated rings. The molecule has 0 saturated carbocycles. The molecular weight excluding hydrogens is 454 g/mol. The molecule has 1 aromatic heterocycles. The summed E-state index contributed by atoms with van der Waals surface area (Å²) in [6.07, 6.45) is 0.877. The van der Waals surface area contributed by atoms with E-state index in [1.807, 2.05) is 24.3 Å². The highest BCUT2D eigenvalue weighted by atomic mass is 32.2. The van der Waals surface area contributed by atoms with E-state index in [0.717, 1.165) is 27.7 Å². The Morgan fingerprint density at radius 3 is 2.59 bits per heavy atom. The molecule has 0 atom stereocenters. The Morgan fingerprint density at radius 1 is 1.19 bits per heavy atom. The molecule has 0 unspecified atom stereocenters. The lowest BCUT2D eigenvalue weighted by molar-refractivity contribution is -0.384. The predicted octanol–water partition coefficient (Wildman–Crippen LogP) is 3.79. The van der Waals surface area contributed by atoms with Crippen molar-refractivity contribution in [2.45, 2.75) is 24.3 Å². The molecule has 0 aliphatic heterocycles. The van der Waals surface area contributed by atoms with E-state index in [1.54, 1.807) is 29.5 Å². The second-order valence-electron chi connectivity index (χ2n) is 6.59. The van der Waals surface area contributed by atoms with Gasteiger partial charge in [-0.05, 0) is 42.5 Å². The lowest BCUT2D eigenvalue weighted by Gasteiger charge is -2.04. The molecule has 3 aromatic rings. The zero-order valence-electron chi connectivity index (χ0n) is 17.5. The summed E-state index contributed by atoms with van der Waals surface area (Å²) in [7, 11) is 2.88. The number of hydrogen-bond donors (Lipinski definition) is 0. The van der Waals surface area contributed by atoms with E-state index in [1.165, 1.54) is 19.2 Å². The van der Waals surface area contributed by atoms with Gasteiger partial charge in [-0.25, -0.2) is 0 Å². The number of nitrogens with zero attached hydrogens (tertiary/aromatic N) is 3. The first-order valence-electron chi connectivity index (χ1n) is 9.60. The number of esters is 1. The Morgan fingerprint density at radius 2 is 1.94 bits per heavy atom. The zero-order valence-corrected chi connectivity index (χ0v) is 19.1. The Bertz CT molecular complexity index is 1200. The molecule has 2 aromatic carbocycles. The third-order valence-electron chi connectivity index (χ3n) is 4.48. The molecule has 0 spiro atoms. The van der Waals surface area contributed by atoms with E-state index in [-0.39, 0.29) is 24.6 Å². The van der Waals surface area contributed by atoms with Crippen LogP contribution in [0.1, 0.15) is 12.8 Å². The minimum Gasteiger partial charge on any atom is -0.497 e. The maximum atomic E-state index is 12.4. The molecule has 0 bridgehead atoms. The van der Waals surface area contributed by atoms with Crippen molar-refractivity contribution in [2.24, 2.45) is 4.99 Å². The second kappa shape index (κ2) is 10.9. The number of hydrogen-bond acceptors (Lipinski definition) is 8. The number of benzene rings is 2. The number of aromatic nitrogens is 1. The van der Waals surface area contributed by atoms with Crippen LogP contribution in [-0.4, -0.2) is 41.3 Å². The number of carbonyl (C=O) groups is 2. The molecule has 11 heteroatoms. The number of nitro benzene ring substituents is 1. The first-order valence-corrected chi connectivity index (χ1v) is 11.4. The van der Waals surface area contributed by atoms with Crippen LogP contribution in [0, 0.1) is 10.1 Å². The molecule has 0 N–H and O–H groups in total. The number of thioether (sulfide) groups is 1. The van der Waals surface area contributed by atoms with Gasteiger partial charge in [0.15, 0.2) is 4.80 Å². The van der Waals surface area contributed by atoms with Gasteiger partial charge in [0.25, 0.3) is 5.69 Å². The fourth-order valence-corrected chi connectivity index (χ4v) is 4.79. The van der Waals surface area contributed by atoms with Gasteiger partial charge >= 0.3 is 5.97 Å². The van der Waals surface area contributed by atoms with Crippen LogP contribution in [0.2, 0.25) is 0 Å². The Balaban J connectivity index is 1.72. The average Bonchev–Trinajstić information content (AvgIpc) is 3.12. The summed E-state index contributed by atoms with van der Waals surface area (Å²) >= 11 is 2.76. The maximum absolute atomic E-state index is 12.4. The van der Waals surface area contributed by atoms with Gasteiger partial charge in [0.1, 0.15) is 12.3 Å². The Labute approximate surface area is 191 Å². The number of amides is 1. The van der Waals surface area contributed by atoms with E-state index in [9.17, 15) is 19.7 Å². The van der Waals surface area contributed by atoms with E-state index >= 15 is 0 Å². The lowest BCUT2D eigenvalue weighted by Crippen LogP contribution is -2.22. The normalized spacial score (nSPS) is 11.5. The van der Waals surface area contributed by atoms with Gasteiger partial charge in [-0.2, -0.15) is 4.99 Å². The van der Waals surface area contributed by atoms with Crippen molar-refractivity contribution in [3.8, 4) is 5.75 Å². The highest BCUT2D eigenvalue weighted by Crippen LogP contribution is 2.24. The van der Waals surface area contributed by atoms with Gasteiger partial charge < -0.3 is 14.0 Å². The number of fused-ring (bicyclic) bond motifs is 1. The number of nitro groups is 1. The highest BCUT2D eigenvalue weighted by Gasteiger charge is 2.15. The maximum Gasteiger partial charge on any atom is 0.325 e. The predicted molar refractivity (Wildman–Crippen MR) is 122 cm³/mol. The van der Waals surface area contributed by atoms with Gasteiger partial charge in [-0.3, -0.25) is 19.7 Å². The van der Waals surface area contributed by atoms with Crippen LogP contribution in [0.5, 0.6) is 5.75 Å². The SMILES string of the molecule is COC(=O)Cn1c(=NC(=O)CCCSc2ccc(OC)cc2)sc2cc([N+](=O)[O-])ccc21. The molecule has 1 amide bonds. The average molecular weight is 476 g/mol. The molecule has 0 aliphatic carbocycles. The topological polar surface area (TPSA) is 113 Å². The van der Waals surface area contributed by atoms with Crippen LogP contribution in [0.4, 0.5) is 5.69 Å². The molecule has 0 saturated heterocycles. The Hall–Kier alpha value is -3.18.